The maximum Gasteiger partial charge on any atom is 0.287 e. The van der Waals surface area contributed by atoms with Gasteiger partial charge in [0.2, 0.25) is 0 Å². The lowest BCUT2D eigenvalue weighted by Crippen LogP contribution is -2.40. The van der Waals surface area contributed by atoms with E-state index in [9.17, 15) is 4.79 Å². The van der Waals surface area contributed by atoms with E-state index in [-0.39, 0.29) is 5.91 Å². The molecule has 0 saturated carbocycles. The number of hydrogen-bond donors (Lipinski definition) is 1. The van der Waals surface area contributed by atoms with Crippen LogP contribution in [0.15, 0.2) is 82.6 Å². The molecule has 5 rings (SSSR count). The number of thioether (sulfide) groups is 1. The fourth-order valence-corrected chi connectivity index (χ4v) is 5.37. The fraction of sp³-hybridized carbons (Fsp3) is 0.296. The number of benzene rings is 2. The summed E-state index contributed by atoms with van der Waals surface area (Å²) in [5.41, 5.74) is 2.95. The average molecular weight is 473 g/mol. The largest absolute Gasteiger partial charge is 0.451 e. The highest BCUT2D eigenvalue weighted by Gasteiger charge is 2.24. The van der Waals surface area contributed by atoms with Crippen molar-refractivity contribution in [3.8, 4) is 0 Å². The third-order valence-corrected chi connectivity index (χ3v) is 7.10. The second-order valence-corrected chi connectivity index (χ2v) is 9.61. The highest BCUT2D eigenvalue weighted by molar-refractivity contribution is 7.98. The van der Waals surface area contributed by atoms with Crippen molar-refractivity contribution < 1.29 is 9.21 Å². The van der Waals surface area contributed by atoms with Crippen LogP contribution in [0.1, 0.15) is 34.5 Å². The van der Waals surface area contributed by atoms with Gasteiger partial charge in [-0.05, 0) is 43.0 Å². The van der Waals surface area contributed by atoms with Crippen LogP contribution in [0.4, 0.5) is 0 Å². The van der Waals surface area contributed by atoms with Crippen LogP contribution in [-0.2, 0) is 12.3 Å². The molecule has 0 aliphatic carbocycles. The van der Waals surface area contributed by atoms with Crippen molar-refractivity contribution >= 4 is 28.6 Å². The first-order chi connectivity index (χ1) is 16.8. The highest BCUT2D eigenvalue weighted by atomic mass is 32.2. The van der Waals surface area contributed by atoms with E-state index in [2.05, 4.69) is 50.5 Å². The molecule has 1 saturated heterocycles. The predicted molar refractivity (Wildman–Crippen MR) is 135 cm³/mol. The molecule has 2 aromatic carbocycles. The molecule has 6 nitrogen and oxygen atoms in total. The van der Waals surface area contributed by atoms with Gasteiger partial charge in [0.1, 0.15) is 5.58 Å². The molecule has 1 fully saturated rings. The monoisotopic (exact) mass is 472 g/mol. The Bertz CT molecular complexity index is 1230. The summed E-state index contributed by atoms with van der Waals surface area (Å²) in [5, 5.41) is 4.79. The molecule has 0 radical (unpaired) electrons. The third-order valence-electron chi connectivity index (χ3n) is 6.20. The van der Waals surface area contributed by atoms with E-state index >= 15 is 0 Å². The molecule has 1 amide bonds. The standard InChI is InChI=1S/C27H28N4O2S/c32-26(30-16-21-10-6-15-31(18-21)17-20-8-2-1-3-9-20)25-23(19-34-27-28-13-7-14-29-27)22-11-4-5-12-24(22)33-25/h1-5,7-9,11-14,21H,6,10,15-19H2,(H,30,32). The molecule has 0 spiro atoms. The van der Waals surface area contributed by atoms with Gasteiger partial charge in [0.15, 0.2) is 10.9 Å². The van der Waals surface area contributed by atoms with Gasteiger partial charge in [-0.3, -0.25) is 9.69 Å². The highest BCUT2D eigenvalue weighted by Crippen LogP contribution is 2.31. The number of likely N-dealkylation sites (tertiary alicyclic amines) is 1. The van der Waals surface area contributed by atoms with Crippen molar-refractivity contribution in [2.75, 3.05) is 19.6 Å². The Morgan fingerprint density at radius 2 is 1.85 bits per heavy atom. The van der Waals surface area contributed by atoms with Gasteiger partial charge in [-0.15, -0.1) is 0 Å². The van der Waals surface area contributed by atoms with Crippen LogP contribution < -0.4 is 5.32 Å². The summed E-state index contributed by atoms with van der Waals surface area (Å²) >= 11 is 1.50. The molecule has 7 heteroatoms. The molecule has 1 atom stereocenters. The number of hydrogen-bond acceptors (Lipinski definition) is 6. The van der Waals surface area contributed by atoms with E-state index in [0.717, 1.165) is 49.0 Å². The Balaban J connectivity index is 1.24. The van der Waals surface area contributed by atoms with E-state index < -0.39 is 0 Å². The number of aromatic nitrogens is 2. The minimum Gasteiger partial charge on any atom is -0.451 e. The zero-order chi connectivity index (χ0) is 23.2. The molecule has 1 N–H and O–H groups in total. The van der Waals surface area contributed by atoms with Crippen molar-refractivity contribution in [2.24, 2.45) is 5.92 Å². The van der Waals surface area contributed by atoms with E-state index in [1.807, 2.05) is 24.3 Å². The van der Waals surface area contributed by atoms with Gasteiger partial charge < -0.3 is 9.73 Å². The molecular formula is C27H28N4O2S. The summed E-state index contributed by atoms with van der Waals surface area (Å²) in [5.74, 6) is 1.24. The normalized spacial score (nSPS) is 16.5. The Morgan fingerprint density at radius 3 is 2.71 bits per heavy atom. The number of fused-ring (bicyclic) bond motifs is 1. The van der Waals surface area contributed by atoms with Gasteiger partial charge in [-0.2, -0.15) is 0 Å². The van der Waals surface area contributed by atoms with Crippen LogP contribution in [0.3, 0.4) is 0 Å². The first-order valence-corrected chi connectivity index (χ1v) is 12.7. The van der Waals surface area contributed by atoms with Crippen molar-refractivity contribution in [3.05, 3.63) is 89.9 Å². The Kier molecular flexibility index (Phi) is 7.22. The van der Waals surface area contributed by atoms with Crippen LogP contribution >= 0.6 is 11.8 Å². The van der Waals surface area contributed by atoms with Crippen LogP contribution in [0.5, 0.6) is 0 Å². The fourth-order valence-electron chi connectivity index (χ4n) is 4.54. The third kappa shape index (κ3) is 5.48. The van der Waals surface area contributed by atoms with Crippen molar-refractivity contribution in [3.63, 3.8) is 0 Å². The van der Waals surface area contributed by atoms with E-state index in [0.29, 0.717) is 29.1 Å². The zero-order valence-electron chi connectivity index (χ0n) is 19.0. The number of para-hydroxylation sites is 1. The van der Waals surface area contributed by atoms with E-state index in [1.165, 1.54) is 17.3 Å². The molecule has 3 heterocycles. The van der Waals surface area contributed by atoms with Crippen LogP contribution in [0.25, 0.3) is 11.0 Å². The minimum absolute atomic E-state index is 0.152. The summed E-state index contributed by atoms with van der Waals surface area (Å²) in [4.78, 5) is 24.3. The summed E-state index contributed by atoms with van der Waals surface area (Å²) in [7, 11) is 0. The topological polar surface area (TPSA) is 71.3 Å². The van der Waals surface area contributed by atoms with Gasteiger partial charge >= 0.3 is 0 Å². The van der Waals surface area contributed by atoms with Gasteiger partial charge in [-0.1, -0.05) is 60.3 Å². The number of amides is 1. The number of furan rings is 1. The SMILES string of the molecule is O=C(NCC1CCCN(Cc2ccccc2)C1)c1oc2ccccc2c1CSc1ncccn1. The predicted octanol–water partition coefficient (Wildman–Crippen LogP) is 5.16. The van der Waals surface area contributed by atoms with E-state index in [4.69, 9.17) is 4.42 Å². The second-order valence-electron chi connectivity index (χ2n) is 8.66. The first-order valence-electron chi connectivity index (χ1n) is 11.7. The van der Waals surface area contributed by atoms with Gasteiger partial charge in [0, 0.05) is 48.7 Å². The Hall–Kier alpha value is -3.16. The Labute approximate surface area is 203 Å². The summed E-state index contributed by atoms with van der Waals surface area (Å²) < 4.78 is 6.01. The summed E-state index contributed by atoms with van der Waals surface area (Å²) in [6, 6.07) is 20.2. The molecule has 0 bridgehead atoms. The number of nitrogens with one attached hydrogen (secondary N) is 1. The molecule has 1 unspecified atom stereocenters. The molecule has 174 valence electrons. The van der Waals surface area contributed by atoms with Crippen molar-refractivity contribution in [2.45, 2.75) is 30.3 Å². The minimum atomic E-state index is -0.152. The van der Waals surface area contributed by atoms with Crippen molar-refractivity contribution in [1.82, 2.24) is 20.2 Å². The van der Waals surface area contributed by atoms with Crippen LogP contribution in [0, 0.1) is 5.92 Å². The number of carbonyl (C=O) groups is 1. The lowest BCUT2D eigenvalue weighted by molar-refractivity contribution is 0.0904. The van der Waals surface area contributed by atoms with Gasteiger partial charge in [0.25, 0.3) is 5.91 Å². The van der Waals surface area contributed by atoms with Crippen LogP contribution in [-0.4, -0.2) is 40.4 Å². The lowest BCUT2D eigenvalue weighted by Gasteiger charge is -2.32. The zero-order valence-corrected chi connectivity index (χ0v) is 19.8. The second kappa shape index (κ2) is 10.8. The average Bonchev–Trinajstić information content (AvgIpc) is 3.26. The summed E-state index contributed by atoms with van der Waals surface area (Å²) in [6.07, 6.45) is 5.72. The maximum atomic E-state index is 13.2. The lowest BCUT2D eigenvalue weighted by atomic mass is 9.97. The molecule has 1 aliphatic heterocycles. The number of nitrogens with zero attached hydrogens (tertiary/aromatic N) is 3. The van der Waals surface area contributed by atoms with Crippen molar-refractivity contribution in [1.29, 1.82) is 0 Å². The number of carbonyl (C=O) groups excluding carboxylic acids is 1. The Morgan fingerprint density at radius 1 is 1.06 bits per heavy atom. The van der Waals surface area contributed by atoms with Gasteiger partial charge in [0.05, 0.1) is 0 Å². The van der Waals surface area contributed by atoms with E-state index in [1.54, 1.807) is 18.5 Å². The van der Waals surface area contributed by atoms with Gasteiger partial charge in [-0.25, -0.2) is 9.97 Å². The number of rotatable bonds is 8. The molecule has 1 aliphatic rings. The molecular weight excluding hydrogens is 444 g/mol. The first kappa shape index (κ1) is 22.6. The quantitative estimate of drug-likeness (QED) is 0.282. The number of piperidine rings is 1. The maximum absolute atomic E-state index is 13.2. The summed E-state index contributed by atoms with van der Waals surface area (Å²) in [6.45, 7) is 3.70. The smallest absolute Gasteiger partial charge is 0.287 e. The molecule has 4 aromatic rings. The van der Waals surface area contributed by atoms with Crippen LogP contribution in [0.2, 0.25) is 0 Å². The molecule has 2 aromatic heterocycles. The molecule has 34 heavy (non-hydrogen) atoms.